The Morgan fingerprint density at radius 2 is 2.19 bits per heavy atom. The van der Waals surface area contributed by atoms with Crippen LogP contribution in [0.15, 0.2) is 29.8 Å². The van der Waals surface area contributed by atoms with E-state index >= 15 is 0 Å². The molecule has 2 rings (SSSR count). The number of hydrogen-bond acceptors (Lipinski definition) is 4. The molecule has 0 saturated heterocycles. The summed E-state index contributed by atoms with van der Waals surface area (Å²) in [5.74, 6) is -1.05. The van der Waals surface area contributed by atoms with E-state index in [2.05, 4.69) is 4.98 Å². The predicted octanol–water partition coefficient (Wildman–Crippen LogP) is 2.32. The standard InChI is InChI=1S/C11H7NO3S/c13-5-9-3-8(6-16-9)7-1-2-10(11(14)15)12-4-7/h1-6H,(H,14,15). The van der Waals surface area contributed by atoms with Gasteiger partial charge in [0.05, 0.1) is 4.88 Å². The van der Waals surface area contributed by atoms with Gasteiger partial charge in [0, 0.05) is 11.8 Å². The second-order valence-electron chi connectivity index (χ2n) is 3.09. The summed E-state index contributed by atoms with van der Waals surface area (Å²) >= 11 is 1.34. The predicted molar refractivity (Wildman–Crippen MR) is 59.9 cm³/mol. The van der Waals surface area contributed by atoms with E-state index < -0.39 is 5.97 Å². The number of carbonyl (C=O) groups excluding carboxylic acids is 1. The molecule has 0 bridgehead atoms. The molecule has 4 nitrogen and oxygen atoms in total. The molecule has 0 amide bonds. The van der Waals surface area contributed by atoms with Crippen LogP contribution in [0.4, 0.5) is 0 Å². The lowest BCUT2D eigenvalue weighted by Gasteiger charge is -1.97. The fourth-order valence-corrected chi connectivity index (χ4v) is 1.97. The van der Waals surface area contributed by atoms with Crippen molar-refractivity contribution in [3.05, 3.63) is 40.3 Å². The van der Waals surface area contributed by atoms with Crippen LogP contribution in [-0.2, 0) is 0 Å². The Morgan fingerprint density at radius 1 is 1.38 bits per heavy atom. The quantitative estimate of drug-likeness (QED) is 0.826. The van der Waals surface area contributed by atoms with Gasteiger partial charge in [0.1, 0.15) is 5.69 Å². The first-order valence-electron chi connectivity index (χ1n) is 4.44. The van der Waals surface area contributed by atoms with Crippen molar-refractivity contribution in [2.75, 3.05) is 0 Å². The lowest BCUT2D eigenvalue weighted by Crippen LogP contribution is -1.98. The summed E-state index contributed by atoms with van der Waals surface area (Å²) in [4.78, 5) is 25.5. The molecule has 0 unspecified atom stereocenters. The molecule has 80 valence electrons. The molecule has 2 aromatic rings. The Labute approximate surface area is 95.2 Å². The Kier molecular flexibility index (Phi) is 2.78. The zero-order valence-electron chi connectivity index (χ0n) is 8.08. The van der Waals surface area contributed by atoms with Crippen molar-refractivity contribution in [1.82, 2.24) is 4.98 Å². The van der Waals surface area contributed by atoms with Crippen LogP contribution in [0.3, 0.4) is 0 Å². The number of thiophene rings is 1. The molecule has 0 aliphatic rings. The van der Waals surface area contributed by atoms with Gasteiger partial charge in [-0.25, -0.2) is 9.78 Å². The molecule has 1 N–H and O–H groups in total. The van der Waals surface area contributed by atoms with Crippen LogP contribution < -0.4 is 0 Å². The largest absolute Gasteiger partial charge is 0.477 e. The van der Waals surface area contributed by atoms with Crippen molar-refractivity contribution >= 4 is 23.6 Å². The first-order valence-corrected chi connectivity index (χ1v) is 5.32. The zero-order chi connectivity index (χ0) is 11.5. The number of pyridine rings is 1. The number of rotatable bonds is 3. The van der Waals surface area contributed by atoms with Crippen LogP contribution in [0.1, 0.15) is 20.2 Å². The van der Waals surface area contributed by atoms with Crippen molar-refractivity contribution in [1.29, 1.82) is 0 Å². The van der Waals surface area contributed by atoms with Crippen molar-refractivity contribution in [3.63, 3.8) is 0 Å². The molecule has 0 aromatic carbocycles. The highest BCUT2D eigenvalue weighted by molar-refractivity contribution is 7.12. The van der Waals surface area contributed by atoms with E-state index in [1.54, 1.807) is 12.1 Å². The second-order valence-corrected chi connectivity index (χ2v) is 4.04. The fourth-order valence-electron chi connectivity index (χ4n) is 1.26. The third kappa shape index (κ3) is 1.99. The summed E-state index contributed by atoms with van der Waals surface area (Å²) in [5.41, 5.74) is 1.68. The molecule has 2 aromatic heterocycles. The van der Waals surface area contributed by atoms with Gasteiger partial charge in [-0.15, -0.1) is 11.3 Å². The van der Waals surface area contributed by atoms with Gasteiger partial charge in [-0.2, -0.15) is 0 Å². The maximum atomic E-state index is 10.6. The Hall–Kier alpha value is -2.01. The van der Waals surface area contributed by atoms with E-state index in [1.807, 2.05) is 5.38 Å². The van der Waals surface area contributed by atoms with E-state index in [9.17, 15) is 9.59 Å². The summed E-state index contributed by atoms with van der Waals surface area (Å²) in [6.45, 7) is 0. The van der Waals surface area contributed by atoms with Gasteiger partial charge in [-0.05, 0) is 23.1 Å². The first kappa shape index (κ1) is 10.5. The van der Waals surface area contributed by atoms with Gasteiger partial charge in [-0.3, -0.25) is 4.79 Å². The van der Waals surface area contributed by atoms with Crippen LogP contribution in [0, 0.1) is 0 Å². The van der Waals surface area contributed by atoms with Crippen LogP contribution in [0.2, 0.25) is 0 Å². The average molecular weight is 233 g/mol. The third-order valence-corrected chi connectivity index (χ3v) is 2.91. The number of nitrogens with zero attached hydrogens (tertiary/aromatic N) is 1. The van der Waals surface area contributed by atoms with Crippen molar-refractivity contribution in [3.8, 4) is 11.1 Å². The lowest BCUT2D eigenvalue weighted by molar-refractivity contribution is 0.0690. The molecule has 0 saturated carbocycles. The number of carbonyl (C=O) groups is 2. The Bertz CT molecular complexity index is 530. The van der Waals surface area contributed by atoms with E-state index in [0.717, 1.165) is 17.4 Å². The highest BCUT2D eigenvalue weighted by Crippen LogP contribution is 2.24. The summed E-state index contributed by atoms with van der Waals surface area (Å²) in [6, 6.07) is 4.86. The number of hydrogen-bond donors (Lipinski definition) is 1. The second kappa shape index (κ2) is 4.24. The minimum atomic E-state index is -1.05. The number of aromatic nitrogens is 1. The van der Waals surface area contributed by atoms with Crippen molar-refractivity contribution in [2.24, 2.45) is 0 Å². The van der Waals surface area contributed by atoms with Gasteiger partial charge in [0.15, 0.2) is 6.29 Å². The van der Waals surface area contributed by atoms with Gasteiger partial charge in [0.2, 0.25) is 0 Å². The highest BCUT2D eigenvalue weighted by Gasteiger charge is 2.06. The molecular weight excluding hydrogens is 226 g/mol. The minimum Gasteiger partial charge on any atom is -0.477 e. The Balaban J connectivity index is 2.34. The van der Waals surface area contributed by atoms with Crippen molar-refractivity contribution in [2.45, 2.75) is 0 Å². The van der Waals surface area contributed by atoms with Gasteiger partial charge in [0.25, 0.3) is 0 Å². The van der Waals surface area contributed by atoms with Gasteiger partial charge < -0.3 is 5.11 Å². The summed E-state index contributed by atoms with van der Waals surface area (Å²) in [5, 5.41) is 10.5. The molecule has 5 heteroatoms. The van der Waals surface area contributed by atoms with E-state index in [0.29, 0.717) is 4.88 Å². The molecule has 0 fully saturated rings. The third-order valence-electron chi connectivity index (χ3n) is 2.05. The average Bonchev–Trinajstić information content (AvgIpc) is 2.77. The van der Waals surface area contributed by atoms with Crippen LogP contribution >= 0.6 is 11.3 Å². The summed E-state index contributed by atoms with van der Waals surface area (Å²) < 4.78 is 0. The number of aldehydes is 1. The molecule has 16 heavy (non-hydrogen) atoms. The fraction of sp³-hybridized carbons (Fsp3) is 0. The SMILES string of the molecule is O=Cc1cc(-c2ccc(C(=O)O)nc2)cs1. The Morgan fingerprint density at radius 3 is 2.69 bits per heavy atom. The van der Waals surface area contributed by atoms with Crippen LogP contribution in [0.25, 0.3) is 11.1 Å². The van der Waals surface area contributed by atoms with Gasteiger partial charge >= 0.3 is 5.97 Å². The molecule has 0 aliphatic carbocycles. The van der Waals surface area contributed by atoms with Crippen molar-refractivity contribution < 1.29 is 14.7 Å². The molecule has 0 radical (unpaired) electrons. The summed E-state index contributed by atoms with van der Waals surface area (Å²) in [7, 11) is 0. The van der Waals surface area contributed by atoms with E-state index in [4.69, 9.17) is 5.11 Å². The monoisotopic (exact) mass is 233 g/mol. The number of carboxylic acid groups (broad SMARTS) is 1. The van der Waals surface area contributed by atoms with E-state index in [1.165, 1.54) is 23.6 Å². The van der Waals surface area contributed by atoms with Gasteiger partial charge in [-0.1, -0.05) is 6.07 Å². The van der Waals surface area contributed by atoms with Crippen LogP contribution in [-0.4, -0.2) is 22.3 Å². The smallest absolute Gasteiger partial charge is 0.354 e. The minimum absolute atomic E-state index is 0.00888. The lowest BCUT2D eigenvalue weighted by atomic mass is 10.1. The number of carboxylic acids is 1. The zero-order valence-corrected chi connectivity index (χ0v) is 8.90. The molecule has 0 aliphatic heterocycles. The van der Waals surface area contributed by atoms with E-state index in [-0.39, 0.29) is 5.69 Å². The normalized spacial score (nSPS) is 10.0. The highest BCUT2D eigenvalue weighted by atomic mass is 32.1. The first-order chi connectivity index (χ1) is 7.70. The maximum Gasteiger partial charge on any atom is 0.354 e. The van der Waals surface area contributed by atoms with Crippen LogP contribution in [0.5, 0.6) is 0 Å². The summed E-state index contributed by atoms with van der Waals surface area (Å²) in [6.07, 6.45) is 2.27. The number of aromatic carboxylic acids is 1. The molecule has 0 spiro atoms. The topological polar surface area (TPSA) is 67.3 Å². The molecular formula is C11H7NO3S. The molecule has 2 heterocycles. The maximum absolute atomic E-state index is 10.6. The molecule has 0 atom stereocenters.